The number of carbonyl (C=O) groups is 1. The van der Waals surface area contributed by atoms with Gasteiger partial charge < -0.3 is 10.6 Å². The summed E-state index contributed by atoms with van der Waals surface area (Å²) in [5.74, 6) is 0.496. The minimum absolute atomic E-state index is 0.180. The number of carbonyl (C=O) groups excluding carboxylic acids is 1. The smallest absolute Gasteiger partial charge is 0.271 e. The molecular weight excluding hydrogens is 216 g/mol. The van der Waals surface area contributed by atoms with E-state index in [1.807, 2.05) is 6.92 Å². The van der Waals surface area contributed by atoms with Gasteiger partial charge in [-0.2, -0.15) is 0 Å². The Labute approximate surface area is 102 Å². The van der Waals surface area contributed by atoms with Crippen LogP contribution in [-0.2, 0) is 0 Å². The Hall–Kier alpha value is -1.65. The molecule has 2 N–H and O–H groups in total. The van der Waals surface area contributed by atoms with Crippen LogP contribution in [-0.4, -0.2) is 29.2 Å². The molecule has 1 aromatic heterocycles. The second kappa shape index (κ2) is 5.61. The second-order valence-corrected chi connectivity index (χ2v) is 5.08. The van der Waals surface area contributed by atoms with E-state index in [1.165, 1.54) is 0 Å². The number of hydrogen-bond acceptors (Lipinski definition) is 4. The van der Waals surface area contributed by atoms with Crippen molar-refractivity contribution < 1.29 is 4.79 Å². The Morgan fingerprint density at radius 1 is 1.29 bits per heavy atom. The fourth-order valence-corrected chi connectivity index (χ4v) is 1.15. The number of nitrogens with zero attached hydrogens (tertiary/aromatic N) is 2. The zero-order valence-corrected chi connectivity index (χ0v) is 10.9. The zero-order valence-electron chi connectivity index (χ0n) is 10.9. The van der Waals surface area contributed by atoms with Crippen LogP contribution in [0.15, 0.2) is 12.1 Å². The molecule has 0 saturated heterocycles. The third-order valence-electron chi connectivity index (χ3n) is 2.03. The largest absolute Gasteiger partial charge is 0.368 e. The van der Waals surface area contributed by atoms with E-state index in [-0.39, 0.29) is 11.3 Å². The van der Waals surface area contributed by atoms with Crippen LogP contribution >= 0.6 is 0 Å². The van der Waals surface area contributed by atoms with Gasteiger partial charge in [0.2, 0.25) is 0 Å². The average Bonchev–Trinajstić information content (AvgIpc) is 2.26. The lowest BCUT2D eigenvalue weighted by atomic mass is 9.97. The summed E-state index contributed by atoms with van der Waals surface area (Å²) in [6.07, 6.45) is 0. The molecule has 0 bridgehead atoms. The van der Waals surface area contributed by atoms with E-state index in [4.69, 9.17) is 0 Å². The van der Waals surface area contributed by atoms with Crippen molar-refractivity contribution in [2.24, 2.45) is 5.41 Å². The summed E-state index contributed by atoms with van der Waals surface area (Å²) >= 11 is 0. The molecule has 0 radical (unpaired) electrons. The predicted molar refractivity (Wildman–Crippen MR) is 68.0 cm³/mol. The van der Waals surface area contributed by atoms with Gasteiger partial charge in [-0.1, -0.05) is 20.8 Å². The third-order valence-corrected chi connectivity index (χ3v) is 2.03. The Morgan fingerprint density at radius 3 is 2.47 bits per heavy atom. The number of anilines is 1. The number of aromatic nitrogens is 2. The van der Waals surface area contributed by atoms with E-state index in [2.05, 4.69) is 41.6 Å². The van der Waals surface area contributed by atoms with E-state index in [0.29, 0.717) is 18.1 Å². The van der Waals surface area contributed by atoms with Gasteiger partial charge in [-0.15, -0.1) is 10.2 Å². The summed E-state index contributed by atoms with van der Waals surface area (Å²) in [5, 5.41) is 13.7. The van der Waals surface area contributed by atoms with Crippen LogP contribution < -0.4 is 10.6 Å². The molecule has 94 valence electrons. The highest BCUT2D eigenvalue weighted by atomic mass is 16.1. The Kier molecular flexibility index (Phi) is 4.43. The molecule has 0 aromatic carbocycles. The highest BCUT2D eigenvalue weighted by Gasteiger charge is 2.11. The topological polar surface area (TPSA) is 66.9 Å². The molecule has 0 unspecified atom stereocenters. The Bertz CT molecular complexity index is 367. The Balaban J connectivity index is 2.59. The molecular formula is C12H20N4O. The standard InChI is InChI=1S/C12H20N4O/c1-5-13-11(17)9-6-7-10(16-15-9)14-8-12(2,3)4/h6-7H,5,8H2,1-4H3,(H,13,17)(H,14,16). The fraction of sp³-hybridized carbons (Fsp3) is 0.583. The van der Waals surface area contributed by atoms with E-state index in [0.717, 1.165) is 6.54 Å². The number of hydrogen-bond donors (Lipinski definition) is 2. The normalized spacial score (nSPS) is 11.1. The fourth-order valence-electron chi connectivity index (χ4n) is 1.15. The zero-order chi connectivity index (χ0) is 12.9. The van der Waals surface area contributed by atoms with Gasteiger partial charge >= 0.3 is 0 Å². The van der Waals surface area contributed by atoms with Crippen molar-refractivity contribution in [2.45, 2.75) is 27.7 Å². The van der Waals surface area contributed by atoms with Crippen LogP contribution in [0.4, 0.5) is 5.82 Å². The minimum atomic E-state index is -0.192. The molecule has 0 aliphatic heterocycles. The Morgan fingerprint density at radius 2 is 2.00 bits per heavy atom. The van der Waals surface area contributed by atoms with Gasteiger partial charge in [0.25, 0.3) is 5.91 Å². The van der Waals surface area contributed by atoms with Crippen LogP contribution in [0.3, 0.4) is 0 Å². The summed E-state index contributed by atoms with van der Waals surface area (Å²) in [5.41, 5.74) is 0.521. The molecule has 0 spiro atoms. The summed E-state index contributed by atoms with van der Waals surface area (Å²) in [7, 11) is 0. The summed E-state index contributed by atoms with van der Waals surface area (Å²) < 4.78 is 0. The molecule has 17 heavy (non-hydrogen) atoms. The summed E-state index contributed by atoms with van der Waals surface area (Å²) in [6, 6.07) is 3.44. The lowest BCUT2D eigenvalue weighted by Gasteiger charge is -2.18. The van der Waals surface area contributed by atoms with Gasteiger partial charge in [-0.25, -0.2) is 0 Å². The molecule has 0 atom stereocenters. The van der Waals surface area contributed by atoms with E-state index in [9.17, 15) is 4.79 Å². The summed E-state index contributed by atoms with van der Waals surface area (Å²) in [4.78, 5) is 11.4. The molecule has 1 amide bonds. The molecule has 0 aliphatic rings. The number of amides is 1. The van der Waals surface area contributed by atoms with E-state index in [1.54, 1.807) is 12.1 Å². The van der Waals surface area contributed by atoms with E-state index >= 15 is 0 Å². The van der Waals surface area contributed by atoms with Crippen molar-refractivity contribution in [2.75, 3.05) is 18.4 Å². The average molecular weight is 236 g/mol. The van der Waals surface area contributed by atoms with Gasteiger partial charge in [0.15, 0.2) is 5.69 Å². The molecule has 1 heterocycles. The van der Waals surface area contributed by atoms with Crippen molar-refractivity contribution in [3.05, 3.63) is 17.8 Å². The van der Waals surface area contributed by atoms with E-state index < -0.39 is 0 Å². The molecule has 5 heteroatoms. The maximum atomic E-state index is 11.4. The quantitative estimate of drug-likeness (QED) is 0.834. The van der Waals surface area contributed by atoms with Crippen molar-refractivity contribution in [3.8, 4) is 0 Å². The molecule has 1 aromatic rings. The van der Waals surface area contributed by atoms with Gasteiger partial charge in [-0.3, -0.25) is 4.79 Å². The monoisotopic (exact) mass is 236 g/mol. The highest BCUT2D eigenvalue weighted by Crippen LogP contribution is 2.13. The van der Waals surface area contributed by atoms with Gasteiger partial charge in [0.05, 0.1) is 0 Å². The van der Waals surface area contributed by atoms with Crippen molar-refractivity contribution in [3.63, 3.8) is 0 Å². The van der Waals surface area contributed by atoms with Gasteiger partial charge in [-0.05, 0) is 24.5 Å². The van der Waals surface area contributed by atoms with Gasteiger partial charge in [0, 0.05) is 13.1 Å². The van der Waals surface area contributed by atoms with Crippen LogP contribution in [0.2, 0.25) is 0 Å². The maximum absolute atomic E-state index is 11.4. The molecule has 0 fully saturated rings. The first kappa shape index (κ1) is 13.4. The van der Waals surface area contributed by atoms with Crippen molar-refractivity contribution in [1.29, 1.82) is 0 Å². The van der Waals surface area contributed by atoms with Gasteiger partial charge in [0.1, 0.15) is 5.82 Å². The minimum Gasteiger partial charge on any atom is -0.368 e. The van der Waals surface area contributed by atoms with Crippen LogP contribution in [0.1, 0.15) is 38.2 Å². The molecule has 5 nitrogen and oxygen atoms in total. The summed E-state index contributed by atoms with van der Waals surface area (Å²) in [6.45, 7) is 9.67. The first-order valence-electron chi connectivity index (χ1n) is 5.78. The molecule has 0 saturated carbocycles. The third kappa shape index (κ3) is 4.80. The van der Waals surface area contributed by atoms with Crippen LogP contribution in [0, 0.1) is 5.41 Å². The first-order chi connectivity index (χ1) is 7.92. The lowest BCUT2D eigenvalue weighted by molar-refractivity contribution is 0.0950. The number of rotatable bonds is 4. The maximum Gasteiger partial charge on any atom is 0.271 e. The first-order valence-corrected chi connectivity index (χ1v) is 5.78. The van der Waals surface area contributed by atoms with Crippen LogP contribution in [0.25, 0.3) is 0 Å². The van der Waals surface area contributed by atoms with Crippen molar-refractivity contribution in [1.82, 2.24) is 15.5 Å². The van der Waals surface area contributed by atoms with Crippen LogP contribution in [0.5, 0.6) is 0 Å². The van der Waals surface area contributed by atoms with Crippen molar-refractivity contribution >= 4 is 11.7 Å². The SMILES string of the molecule is CCNC(=O)c1ccc(NCC(C)(C)C)nn1. The lowest BCUT2D eigenvalue weighted by Crippen LogP contribution is -2.24. The molecule has 1 rings (SSSR count). The highest BCUT2D eigenvalue weighted by molar-refractivity contribution is 5.92. The predicted octanol–water partition coefficient (Wildman–Crippen LogP) is 1.68. The number of nitrogens with one attached hydrogen (secondary N) is 2. The second-order valence-electron chi connectivity index (χ2n) is 5.08. The molecule has 0 aliphatic carbocycles.